The van der Waals surface area contributed by atoms with Gasteiger partial charge in [0.05, 0.1) is 33.1 Å². The van der Waals surface area contributed by atoms with Crippen LogP contribution >= 0.6 is 11.3 Å². The van der Waals surface area contributed by atoms with E-state index in [-0.39, 0.29) is 17.4 Å². The lowest BCUT2D eigenvalue weighted by atomic mass is 9.92. The summed E-state index contributed by atoms with van der Waals surface area (Å²) >= 11 is 1.40. The second kappa shape index (κ2) is 8.04. The smallest absolute Gasteiger partial charge is 0.243 e. The first-order valence-electron chi connectivity index (χ1n) is 10.0. The van der Waals surface area contributed by atoms with Crippen molar-refractivity contribution in [2.75, 3.05) is 32.8 Å². The number of benzene rings is 2. The van der Waals surface area contributed by atoms with Crippen molar-refractivity contribution in [3.63, 3.8) is 0 Å². The fourth-order valence-electron chi connectivity index (χ4n) is 3.95. The molecule has 0 radical (unpaired) electrons. The molecule has 0 spiro atoms. The molecule has 0 unspecified atom stereocenters. The zero-order chi connectivity index (χ0) is 22.5. The summed E-state index contributed by atoms with van der Waals surface area (Å²) in [6.45, 7) is 1.13. The van der Waals surface area contributed by atoms with Gasteiger partial charge in [0.2, 0.25) is 15.9 Å². The molecule has 1 aromatic heterocycles. The van der Waals surface area contributed by atoms with Crippen LogP contribution in [0.4, 0.5) is 4.39 Å². The first-order chi connectivity index (χ1) is 15.4. The minimum absolute atomic E-state index is 0.217. The molecule has 166 valence electrons. The van der Waals surface area contributed by atoms with Crippen LogP contribution in [0.2, 0.25) is 0 Å². The third-order valence-electron chi connectivity index (χ3n) is 6.00. The third kappa shape index (κ3) is 3.62. The van der Waals surface area contributed by atoms with Gasteiger partial charge in [-0.25, -0.2) is 17.8 Å². The van der Waals surface area contributed by atoms with Crippen molar-refractivity contribution in [1.29, 1.82) is 0 Å². The number of hydrogen-bond acceptors (Lipinski definition) is 6. The van der Waals surface area contributed by atoms with E-state index >= 15 is 0 Å². The Hall–Kier alpha value is -2.66. The molecule has 2 saturated heterocycles. The van der Waals surface area contributed by atoms with Gasteiger partial charge in [0, 0.05) is 26.2 Å². The molecule has 1 atom stereocenters. The lowest BCUT2D eigenvalue weighted by Gasteiger charge is -2.42. The number of halogens is 1. The minimum Gasteiger partial charge on any atom is -0.395 e. The number of thiazole rings is 1. The summed E-state index contributed by atoms with van der Waals surface area (Å²) in [5.41, 5.74) is 5.12. The quantitative estimate of drug-likeness (QED) is 0.575. The highest BCUT2D eigenvalue weighted by molar-refractivity contribution is 7.89. The molecule has 2 aliphatic rings. The van der Waals surface area contributed by atoms with Crippen LogP contribution in [0.1, 0.15) is 11.5 Å². The second-order valence-corrected chi connectivity index (χ2v) is 10.8. The van der Waals surface area contributed by atoms with E-state index in [0.717, 1.165) is 21.4 Å². The molecular weight excluding hydrogens is 453 g/mol. The van der Waals surface area contributed by atoms with Gasteiger partial charge >= 0.3 is 0 Å². The topological polar surface area (TPSA) is 90.8 Å². The second-order valence-electron chi connectivity index (χ2n) is 7.94. The Labute approximate surface area is 188 Å². The lowest BCUT2D eigenvalue weighted by molar-refractivity contribution is -0.135. The van der Waals surface area contributed by atoms with Gasteiger partial charge in [-0.15, -0.1) is 11.3 Å². The van der Waals surface area contributed by atoms with Gasteiger partial charge in [0.25, 0.3) is 0 Å². The van der Waals surface area contributed by atoms with Crippen molar-refractivity contribution >= 4 is 37.5 Å². The Bertz CT molecular complexity index is 1320. The number of amides is 1. The number of carbonyl (C=O) groups is 1. The molecule has 2 fully saturated rings. The molecule has 5 rings (SSSR count). The van der Waals surface area contributed by atoms with Crippen LogP contribution in [0.15, 0.2) is 64.0 Å². The Morgan fingerprint density at radius 1 is 1.09 bits per heavy atom. The number of carbonyl (C=O) groups excluding carboxylic acids is 1. The third-order valence-corrected chi connectivity index (χ3v) is 8.58. The summed E-state index contributed by atoms with van der Waals surface area (Å²) in [6.07, 6.45) is 0. The molecule has 2 aliphatic heterocycles. The molecule has 7 nitrogen and oxygen atoms in total. The van der Waals surface area contributed by atoms with Crippen LogP contribution in [0.25, 0.3) is 10.2 Å². The maximum absolute atomic E-state index is 13.1. The SMILES string of the molecule is O=C([C@H](CO)c1ccc(F)cc1)N1CC(=C2CN(S(=O)(=O)c3ccc4ncsc4c3)C2)C1. The predicted molar refractivity (Wildman–Crippen MR) is 118 cm³/mol. The van der Waals surface area contributed by atoms with Crippen molar-refractivity contribution in [2.24, 2.45) is 0 Å². The maximum atomic E-state index is 13.1. The van der Waals surface area contributed by atoms with Crippen LogP contribution in [0, 0.1) is 5.82 Å². The number of hydrogen-bond donors (Lipinski definition) is 1. The van der Waals surface area contributed by atoms with Crippen LogP contribution in [-0.2, 0) is 14.8 Å². The van der Waals surface area contributed by atoms with Crippen molar-refractivity contribution in [1.82, 2.24) is 14.2 Å². The van der Waals surface area contributed by atoms with E-state index in [1.54, 1.807) is 28.6 Å². The van der Waals surface area contributed by atoms with E-state index in [2.05, 4.69) is 4.98 Å². The first-order valence-corrected chi connectivity index (χ1v) is 12.4. The van der Waals surface area contributed by atoms with Crippen LogP contribution < -0.4 is 0 Å². The molecule has 3 aromatic rings. The summed E-state index contributed by atoms with van der Waals surface area (Å²) in [7, 11) is -3.58. The van der Waals surface area contributed by atoms with Gasteiger partial charge in [0.15, 0.2) is 0 Å². The maximum Gasteiger partial charge on any atom is 0.243 e. The number of aromatic nitrogens is 1. The first kappa shape index (κ1) is 21.2. The van der Waals surface area contributed by atoms with Crippen LogP contribution in [0.3, 0.4) is 0 Å². The van der Waals surface area contributed by atoms with Crippen LogP contribution in [0.5, 0.6) is 0 Å². The van der Waals surface area contributed by atoms with Gasteiger partial charge < -0.3 is 10.0 Å². The summed E-state index contributed by atoms with van der Waals surface area (Å²) in [4.78, 5) is 18.8. The zero-order valence-electron chi connectivity index (χ0n) is 16.9. The van der Waals surface area contributed by atoms with Crippen molar-refractivity contribution < 1.29 is 22.7 Å². The number of aliphatic hydroxyl groups is 1. The van der Waals surface area contributed by atoms with Gasteiger partial charge in [-0.05, 0) is 47.0 Å². The van der Waals surface area contributed by atoms with Crippen molar-refractivity contribution in [3.8, 4) is 0 Å². The molecule has 0 saturated carbocycles. The van der Waals surface area contributed by atoms with Gasteiger partial charge in [-0.3, -0.25) is 4.79 Å². The average Bonchev–Trinajstić information content (AvgIpc) is 3.18. The number of fused-ring (bicyclic) bond motifs is 1. The van der Waals surface area contributed by atoms with Gasteiger partial charge in [0.1, 0.15) is 5.82 Å². The van der Waals surface area contributed by atoms with E-state index < -0.39 is 21.8 Å². The van der Waals surface area contributed by atoms with Gasteiger partial charge in [-0.2, -0.15) is 4.31 Å². The highest BCUT2D eigenvalue weighted by atomic mass is 32.2. The van der Waals surface area contributed by atoms with Crippen molar-refractivity contribution in [3.05, 3.63) is 70.5 Å². The fourth-order valence-corrected chi connectivity index (χ4v) is 6.20. The summed E-state index contributed by atoms with van der Waals surface area (Å²) < 4.78 is 41.2. The molecule has 0 aliphatic carbocycles. The standard InChI is InChI=1S/C22H20FN3O4S2/c23-17-3-1-14(2-4-17)19(12-27)22(28)25-8-15(9-25)16-10-26(11-16)32(29,30)18-5-6-20-21(7-18)31-13-24-20/h1-7,13,19,27H,8-12H2/t19-/m1/s1. The van der Waals surface area contributed by atoms with E-state index in [4.69, 9.17) is 0 Å². The minimum atomic E-state index is -3.58. The molecule has 10 heteroatoms. The van der Waals surface area contributed by atoms with Gasteiger partial charge in [-0.1, -0.05) is 12.1 Å². The number of rotatable bonds is 5. The van der Waals surface area contributed by atoms with Crippen molar-refractivity contribution in [2.45, 2.75) is 10.8 Å². The summed E-state index contributed by atoms with van der Waals surface area (Å²) in [5.74, 6) is -1.35. The monoisotopic (exact) mass is 473 g/mol. The molecule has 1 N–H and O–H groups in total. The summed E-state index contributed by atoms with van der Waals surface area (Å²) in [6, 6.07) is 10.5. The Morgan fingerprint density at radius 3 is 2.47 bits per heavy atom. The fraction of sp³-hybridized carbons (Fsp3) is 0.273. The Morgan fingerprint density at radius 2 is 1.78 bits per heavy atom. The number of aliphatic hydroxyl groups excluding tert-OH is 1. The lowest BCUT2D eigenvalue weighted by Crippen LogP contribution is -2.52. The number of sulfonamides is 1. The number of nitrogens with zero attached hydrogens (tertiary/aromatic N) is 3. The number of likely N-dealkylation sites (tertiary alicyclic amines) is 1. The van der Waals surface area contributed by atoms with E-state index in [1.165, 1.54) is 39.9 Å². The average molecular weight is 474 g/mol. The van der Waals surface area contributed by atoms with E-state index in [1.807, 2.05) is 0 Å². The molecule has 1 amide bonds. The predicted octanol–water partition coefficient (Wildman–Crippen LogP) is 2.35. The van der Waals surface area contributed by atoms with E-state index in [0.29, 0.717) is 31.7 Å². The molecule has 2 aromatic carbocycles. The largest absolute Gasteiger partial charge is 0.395 e. The molecular formula is C22H20FN3O4S2. The molecule has 0 bridgehead atoms. The Balaban J connectivity index is 1.22. The molecule has 3 heterocycles. The van der Waals surface area contributed by atoms with E-state index in [9.17, 15) is 22.7 Å². The summed E-state index contributed by atoms with van der Waals surface area (Å²) in [5, 5.41) is 9.68. The highest BCUT2D eigenvalue weighted by Gasteiger charge is 2.39. The molecule has 32 heavy (non-hydrogen) atoms. The van der Waals surface area contributed by atoms with Crippen LogP contribution in [-0.4, -0.2) is 66.4 Å². The Kier molecular flexibility index (Phi) is 5.32. The highest BCUT2D eigenvalue weighted by Crippen LogP contribution is 2.33. The normalized spacial score (nSPS) is 17.9. The zero-order valence-corrected chi connectivity index (χ0v) is 18.6.